The van der Waals surface area contributed by atoms with Gasteiger partial charge in [-0.05, 0) is 25.5 Å². The van der Waals surface area contributed by atoms with Gasteiger partial charge >= 0.3 is 0 Å². The molecule has 3 rings (SSSR count). The van der Waals surface area contributed by atoms with Gasteiger partial charge in [-0.15, -0.1) is 0 Å². The lowest BCUT2D eigenvalue weighted by atomic mass is 10.1. The summed E-state index contributed by atoms with van der Waals surface area (Å²) in [6.45, 7) is 2.70. The number of rotatable bonds is 2. The van der Waals surface area contributed by atoms with E-state index in [9.17, 15) is 0 Å². The van der Waals surface area contributed by atoms with E-state index < -0.39 is 0 Å². The molecule has 1 aromatic heterocycles. The Balaban J connectivity index is 1.85. The van der Waals surface area contributed by atoms with Crippen LogP contribution < -0.4 is 5.73 Å². The topological polar surface area (TPSA) is 74.2 Å². The molecule has 1 aliphatic heterocycles. The van der Waals surface area contributed by atoms with Crippen molar-refractivity contribution in [2.24, 2.45) is 0 Å². The number of nitrogens with zero attached hydrogens (tertiary/aromatic N) is 2. The van der Waals surface area contributed by atoms with Gasteiger partial charge in [0, 0.05) is 11.3 Å². The van der Waals surface area contributed by atoms with Crippen molar-refractivity contribution in [3.05, 3.63) is 30.2 Å². The summed E-state index contributed by atoms with van der Waals surface area (Å²) < 4.78 is 10.8. The average Bonchev–Trinajstić information content (AvgIpc) is 2.97. The zero-order valence-electron chi connectivity index (χ0n) is 10.2. The number of nitrogen functional groups attached to an aromatic ring is 1. The molecular formula is C13H15N3O2. The SMILES string of the molecule is CC1CC(c2nc(-c3cccc(N)c3)no2)CO1. The van der Waals surface area contributed by atoms with E-state index >= 15 is 0 Å². The molecule has 2 atom stereocenters. The normalized spacial score (nSPS) is 23.4. The van der Waals surface area contributed by atoms with E-state index in [1.807, 2.05) is 24.3 Å². The number of hydrogen-bond donors (Lipinski definition) is 1. The summed E-state index contributed by atoms with van der Waals surface area (Å²) in [7, 11) is 0. The van der Waals surface area contributed by atoms with Crippen LogP contribution in [0.3, 0.4) is 0 Å². The fourth-order valence-corrected chi connectivity index (χ4v) is 2.19. The second-order valence-electron chi connectivity index (χ2n) is 4.66. The van der Waals surface area contributed by atoms with Crippen LogP contribution in [0.2, 0.25) is 0 Å². The molecule has 2 aromatic rings. The molecule has 1 fully saturated rings. The zero-order chi connectivity index (χ0) is 12.5. The standard InChI is InChI=1S/C13H15N3O2/c1-8-5-10(7-17-8)13-15-12(16-18-13)9-3-2-4-11(14)6-9/h2-4,6,8,10H,5,7,14H2,1H3. The predicted octanol–water partition coefficient (Wildman–Crippen LogP) is 2.21. The van der Waals surface area contributed by atoms with Crippen LogP contribution >= 0.6 is 0 Å². The maximum atomic E-state index is 5.74. The smallest absolute Gasteiger partial charge is 0.232 e. The third kappa shape index (κ3) is 2.09. The lowest BCUT2D eigenvalue weighted by molar-refractivity contribution is 0.122. The first-order valence-corrected chi connectivity index (χ1v) is 6.03. The minimum absolute atomic E-state index is 0.210. The van der Waals surface area contributed by atoms with E-state index in [-0.39, 0.29) is 12.0 Å². The molecule has 2 N–H and O–H groups in total. The van der Waals surface area contributed by atoms with E-state index in [4.69, 9.17) is 15.0 Å². The van der Waals surface area contributed by atoms with Crippen LogP contribution in [0.5, 0.6) is 0 Å². The molecule has 0 bridgehead atoms. The highest BCUT2D eigenvalue weighted by molar-refractivity contribution is 5.60. The summed E-state index contributed by atoms with van der Waals surface area (Å²) in [6, 6.07) is 7.46. The van der Waals surface area contributed by atoms with Gasteiger partial charge in [-0.1, -0.05) is 17.3 Å². The molecule has 18 heavy (non-hydrogen) atoms. The van der Waals surface area contributed by atoms with E-state index in [1.165, 1.54) is 0 Å². The van der Waals surface area contributed by atoms with Gasteiger partial charge in [0.2, 0.25) is 11.7 Å². The summed E-state index contributed by atoms with van der Waals surface area (Å²) in [5.41, 5.74) is 7.30. The third-order valence-corrected chi connectivity index (χ3v) is 3.13. The van der Waals surface area contributed by atoms with Crippen LogP contribution in [0.1, 0.15) is 25.2 Å². The Hall–Kier alpha value is -1.88. The monoisotopic (exact) mass is 245 g/mol. The van der Waals surface area contributed by atoms with E-state index in [1.54, 1.807) is 0 Å². The number of aromatic nitrogens is 2. The highest BCUT2D eigenvalue weighted by Gasteiger charge is 2.28. The Morgan fingerprint density at radius 1 is 1.39 bits per heavy atom. The second-order valence-corrected chi connectivity index (χ2v) is 4.66. The first-order chi connectivity index (χ1) is 8.72. The maximum Gasteiger partial charge on any atom is 0.232 e. The number of nitrogens with two attached hydrogens (primary N) is 1. The zero-order valence-corrected chi connectivity index (χ0v) is 10.2. The summed E-state index contributed by atoms with van der Waals surface area (Å²) in [4.78, 5) is 4.42. The quantitative estimate of drug-likeness (QED) is 0.821. The lowest BCUT2D eigenvalue weighted by Gasteiger charge is -1.98. The summed E-state index contributed by atoms with van der Waals surface area (Å²) >= 11 is 0. The molecule has 0 spiro atoms. The van der Waals surface area contributed by atoms with Crippen LogP contribution in [-0.2, 0) is 4.74 Å². The Kier molecular flexibility index (Phi) is 2.76. The Morgan fingerprint density at radius 3 is 3.00 bits per heavy atom. The van der Waals surface area contributed by atoms with Crippen LogP contribution in [0, 0.1) is 0 Å². The highest BCUT2D eigenvalue weighted by atomic mass is 16.5. The molecule has 0 aliphatic carbocycles. The van der Waals surface area contributed by atoms with Crippen molar-refractivity contribution in [2.45, 2.75) is 25.4 Å². The van der Waals surface area contributed by atoms with Crippen molar-refractivity contribution >= 4 is 5.69 Å². The van der Waals surface area contributed by atoms with Crippen molar-refractivity contribution in [1.82, 2.24) is 10.1 Å². The second kappa shape index (κ2) is 4.42. The van der Waals surface area contributed by atoms with Crippen LogP contribution in [0.4, 0.5) is 5.69 Å². The van der Waals surface area contributed by atoms with Gasteiger partial charge in [0.15, 0.2) is 0 Å². The fraction of sp³-hybridized carbons (Fsp3) is 0.385. The minimum atomic E-state index is 0.210. The summed E-state index contributed by atoms with van der Waals surface area (Å²) in [5.74, 6) is 1.44. The van der Waals surface area contributed by atoms with E-state index in [0.717, 1.165) is 12.0 Å². The van der Waals surface area contributed by atoms with Crippen LogP contribution in [-0.4, -0.2) is 22.9 Å². The highest BCUT2D eigenvalue weighted by Crippen LogP contribution is 2.29. The molecule has 0 amide bonds. The molecule has 1 saturated heterocycles. The lowest BCUT2D eigenvalue weighted by Crippen LogP contribution is -1.98. The number of benzene rings is 1. The summed E-state index contributed by atoms with van der Waals surface area (Å²) in [6.07, 6.45) is 1.19. The largest absolute Gasteiger partial charge is 0.399 e. The van der Waals surface area contributed by atoms with Crippen molar-refractivity contribution in [1.29, 1.82) is 0 Å². The number of hydrogen-bond acceptors (Lipinski definition) is 5. The minimum Gasteiger partial charge on any atom is -0.399 e. The third-order valence-electron chi connectivity index (χ3n) is 3.13. The first-order valence-electron chi connectivity index (χ1n) is 6.03. The molecule has 5 heteroatoms. The van der Waals surface area contributed by atoms with Gasteiger partial charge in [-0.2, -0.15) is 4.98 Å². The van der Waals surface area contributed by atoms with Crippen LogP contribution in [0.25, 0.3) is 11.4 Å². The molecule has 0 saturated carbocycles. The molecule has 5 nitrogen and oxygen atoms in total. The first kappa shape index (κ1) is 11.2. The molecule has 1 aliphatic rings. The van der Waals surface area contributed by atoms with Gasteiger partial charge in [0.25, 0.3) is 0 Å². The van der Waals surface area contributed by atoms with Crippen molar-refractivity contribution < 1.29 is 9.26 Å². The fourth-order valence-electron chi connectivity index (χ4n) is 2.19. The van der Waals surface area contributed by atoms with Gasteiger partial charge in [-0.3, -0.25) is 0 Å². The number of ether oxygens (including phenoxy) is 1. The molecule has 0 radical (unpaired) electrons. The molecule has 1 aromatic carbocycles. The van der Waals surface area contributed by atoms with Crippen molar-refractivity contribution in [3.63, 3.8) is 0 Å². The van der Waals surface area contributed by atoms with Crippen molar-refractivity contribution in [3.8, 4) is 11.4 Å². The van der Waals surface area contributed by atoms with Crippen molar-refractivity contribution in [2.75, 3.05) is 12.3 Å². The molecule has 2 heterocycles. The van der Waals surface area contributed by atoms with Crippen LogP contribution in [0.15, 0.2) is 28.8 Å². The Bertz CT molecular complexity index is 553. The molecule has 2 unspecified atom stereocenters. The van der Waals surface area contributed by atoms with Gasteiger partial charge < -0.3 is 15.0 Å². The summed E-state index contributed by atoms with van der Waals surface area (Å²) in [5, 5.41) is 4.00. The molecule has 94 valence electrons. The Morgan fingerprint density at radius 2 is 2.28 bits per heavy atom. The maximum absolute atomic E-state index is 5.74. The van der Waals surface area contributed by atoms with Gasteiger partial charge in [-0.25, -0.2) is 0 Å². The van der Waals surface area contributed by atoms with E-state index in [2.05, 4.69) is 17.1 Å². The predicted molar refractivity (Wildman–Crippen MR) is 66.9 cm³/mol. The average molecular weight is 245 g/mol. The van der Waals surface area contributed by atoms with Gasteiger partial charge in [0.1, 0.15) is 0 Å². The van der Waals surface area contributed by atoms with Gasteiger partial charge in [0.05, 0.1) is 18.6 Å². The number of anilines is 1. The Labute approximate surface area is 105 Å². The van der Waals surface area contributed by atoms with E-state index in [0.29, 0.717) is 24.0 Å². The molecular weight excluding hydrogens is 230 g/mol.